The van der Waals surface area contributed by atoms with Gasteiger partial charge in [0.15, 0.2) is 17.3 Å². The third-order valence-corrected chi connectivity index (χ3v) is 9.01. The summed E-state index contributed by atoms with van der Waals surface area (Å²) in [5, 5.41) is 17.2. The maximum atomic E-state index is 14.3. The fourth-order valence-corrected chi connectivity index (χ4v) is 6.37. The summed E-state index contributed by atoms with van der Waals surface area (Å²) in [5.41, 5.74) is 0.201. The molecule has 2 aliphatic heterocycles. The number of fused-ring (bicyclic) bond motifs is 1. The Kier molecular flexibility index (Phi) is 9.54. The lowest BCUT2D eigenvalue weighted by Gasteiger charge is -2.41. The largest absolute Gasteiger partial charge is 0.504 e. The van der Waals surface area contributed by atoms with Crippen molar-refractivity contribution in [3.8, 4) is 5.75 Å². The quantitative estimate of drug-likeness (QED) is 0.289. The third kappa shape index (κ3) is 6.61. The number of aryl methyl sites for hydroxylation is 1. The van der Waals surface area contributed by atoms with E-state index in [4.69, 9.17) is 16.3 Å². The van der Waals surface area contributed by atoms with Crippen LogP contribution in [0.2, 0.25) is 5.02 Å². The van der Waals surface area contributed by atoms with Crippen LogP contribution in [0.15, 0.2) is 35.4 Å². The van der Waals surface area contributed by atoms with Gasteiger partial charge in [0.1, 0.15) is 18.6 Å². The van der Waals surface area contributed by atoms with Gasteiger partial charge in [-0.05, 0) is 50.5 Å². The van der Waals surface area contributed by atoms with Crippen LogP contribution in [0.25, 0.3) is 11.4 Å². The molecule has 0 aliphatic carbocycles. The normalized spacial score (nSPS) is 16.9. The second-order valence-electron chi connectivity index (χ2n) is 11.9. The zero-order valence-corrected chi connectivity index (χ0v) is 28.0. The van der Waals surface area contributed by atoms with Gasteiger partial charge in [-0.25, -0.2) is 9.97 Å². The van der Waals surface area contributed by atoms with Crippen molar-refractivity contribution in [2.45, 2.75) is 52.4 Å². The molecule has 0 bridgehead atoms. The van der Waals surface area contributed by atoms with Crippen LogP contribution in [0.1, 0.15) is 53.5 Å². The summed E-state index contributed by atoms with van der Waals surface area (Å²) < 4.78 is 47.7. The summed E-state index contributed by atoms with van der Waals surface area (Å²) >= 11 is 6.12. The Morgan fingerprint density at radius 3 is 2.64 bits per heavy atom. The van der Waals surface area contributed by atoms with Gasteiger partial charge in [-0.1, -0.05) is 24.6 Å². The van der Waals surface area contributed by atoms with Crippen LogP contribution in [-0.4, -0.2) is 89.8 Å². The zero-order chi connectivity index (χ0) is 35.9. The molecule has 6 rings (SSSR count). The number of carbonyl (C=O) groups excluding carboxylic acids is 2. The molecule has 0 radical (unpaired) electrons. The van der Waals surface area contributed by atoms with E-state index in [0.29, 0.717) is 31.2 Å². The maximum Gasteiger partial charge on any atom is 0.416 e. The molecule has 0 spiro atoms. The van der Waals surface area contributed by atoms with Crippen molar-refractivity contribution in [1.29, 1.82) is 0 Å². The van der Waals surface area contributed by atoms with Gasteiger partial charge in [-0.15, -0.1) is 5.10 Å². The number of benzene rings is 1. The molecule has 1 saturated heterocycles. The highest BCUT2D eigenvalue weighted by molar-refractivity contribution is 6.33. The number of rotatable bonds is 7. The highest BCUT2D eigenvalue weighted by Gasteiger charge is 2.34. The number of alkyl halides is 3. The maximum absolute atomic E-state index is 14.3. The minimum atomic E-state index is -4.61. The Morgan fingerprint density at radius 1 is 1.20 bits per heavy atom. The number of halogens is 4. The average molecular weight is 716 g/mol. The van der Waals surface area contributed by atoms with E-state index in [-0.39, 0.29) is 71.9 Å². The first kappa shape index (κ1) is 34.8. The van der Waals surface area contributed by atoms with Gasteiger partial charge in [0, 0.05) is 25.7 Å². The van der Waals surface area contributed by atoms with Crippen LogP contribution >= 0.6 is 11.6 Å². The van der Waals surface area contributed by atoms with Gasteiger partial charge in [0.05, 0.1) is 40.9 Å². The van der Waals surface area contributed by atoms with Crippen molar-refractivity contribution >= 4 is 46.1 Å². The minimum absolute atomic E-state index is 0.0196. The summed E-state index contributed by atoms with van der Waals surface area (Å²) in [4.78, 5) is 57.1. The monoisotopic (exact) mass is 715 g/mol. The van der Waals surface area contributed by atoms with Gasteiger partial charge < -0.3 is 29.5 Å². The first-order chi connectivity index (χ1) is 23.8. The van der Waals surface area contributed by atoms with E-state index in [9.17, 15) is 32.7 Å². The third-order valence-electron chi connectivity index (χ3n) is 8.69. The Morgan fingerprint density at radius 2 is 1.98 bits per heavy atom. The molecule has 0 unspecified atom stereocenters. The molecule has 50 heavy (non-hydrogen) atoms. The number of nitrogens with one attached hydrogen (secondary N) is 1. The molecule has 1 aromatic carbocycles. The molecule has 3 aromatic heterocycles. The van der Waals surface area contributed by atoms with E-state index in [1.165, 1.54) is 11.2 Å². The molecule has 0 saturated carbocycles. The summed E-state index contributed by atoms with van der Waals surface area (Å²) in [6.07, 6.45) is -0.785. The number of piperazine rings is 1. The first-order valence-corrected chi connectivity index (χ1v) is 16.2. The first-order valence-electron chi connectivity index (χ1n) is 15.8. The molecule has 18 heteroatoms. The van der Waals surface area contributed by atoms with Gasteiger partial charge in [-0.2, -0.15) is 22.7 Å². The molecular weight excluding hydrogens is 683 g/mol. The molecule has 14 nitrogen and oxygen atoms in total. The lowest BCUT2D eigenvalue weighted by atomic mass is 10.1. The number of ether oxygens (including phenoxy) is 1. The van der Waals surface area contributed by atoms with E-state index < -0.39 is 35.2 Å². The Hall–Kier alpha value is -5.03. The van der Waals surface area contributed by atoms with Crippen LogP contribution in [0.5, 0.6) is 5.75 Å². The van der Waals surface area contributed by atoms with Crippen LogP contribution in [0.4, 0.5) is 24.5 Å². The highest BCUT2D eigenvalue weighted by Crippen LogP contribution is 2.34. The summed E-state index contributed by atoms with van der Waals surface area (Å²) in [6.45, 7) is 6.24. The number of aromatic hydroxyl groups is 1. The van der Waals surface area contributed by atoms with Crippen LogP contribution in [0.3, 0.4) is 0 Å². The SMILES string of the molecule is CCc1c(N2CCN(C(=O)c3ncnc(C)c3O)C[C@@H]2C)c(=O)n2nc(C3=CCOCC3)nc2n1CC(=O)Nc1ccc(C(F)(F)F)cc1Cl. The Bertz CT molecular complexity index is 2080. The second kappa shape index (κ2) is 13.7. The fourth-order valence-electron chi connectivity index (χ4n) is 6.14. The van der Waals surface area contributed by atoms with Crippen molar-refractivity contribution in [1.82, 2.24) is 34.0 Å². The van der Waals surface area contributed by atoms with Crippen LogP contribution < -0.4 is 15.8 Å². The molecule has 5 heterocycles. The summed E-state index contributed by atoms with van der Waals surface area (Å²) in [6, 6.07) is 2.23. The zero-order valence-electron chi connectivity index (χ0n) is 27.3. The smallest absolute Gasteiger partial charge is 0.416 e. The lowest BCUT2D eigenvalue weighted by molar-refractivity contribution is -0.137. The number of hydrogen-bond donors (Lipinski definition) is 2. The molecular formula is C32H33ClF3N9O5. The van der Waals surface area contributed by atoms with Crippen molar-refractivity contribution in [2.24, 2.45) is 0 Å². The topological polar surface area (TPSA) is 160 Å². The number of nitrogens with zero attached hydrogens (tertiary/aromatic N) is 8. The predicted octanol–water partition coefficient (Wildman–Crippen LogP) is 3.72. The molecule has 2 N–H and O–H groups in total. The van der Waals surface area contributed by atoms with E-state index in [0.717, 1.165) is 28.3 Å². The number of hydrogen-bond acceptors (Lipinski definition) is 10. The molecule has 1 atom stereocenters. The fraction of sp³-hybridized carbons (Fsp3) is 0.406. The van der Waals surface area contributed by atoms with Gasteiger partial charge in [-0.3, -0.25) is 14.4 Å². The Balaban J connectivity index is 1.37. The summed E-state index contributed by atoms with van der Waals surface area (Å²) in [5.74, 6) is -1.01. The van der Waals surface area contributed by atoms with Crippen molar-refractivity contribution < 1.29 is 32.6 Å². The Labute approximate surface area is 288 Å². The van der Waals surface area contributed by atoms with Crippen molar-refractivity contribution in [3.05, 3.63) is 74.4 Å². The number of carbonyl (C=O) groups is 2. The lowest BCUT2D eigenvalue weighted by Crippen LogP contribution is -2.55. The van der Waals surface area contributed by atoms with E-state index in [1.807, 2.05) is 24.8 Å². The van der Waals surface area contributed by atoms with Crippen LogP contribution in [-0.2, 0) is 28.7 Å². The predicted molar refractivity (Wildman–Crippen MR) is 176 cm³/mol. The van der Waals surface area contributed by atoms with Crippen LogP contribution in [0, 0.1) is 6.92 Å². The van der Waals surface area contributed by atoms with E-state index in [2.05, 4.69) is 25.4 Å². The second-order valence-corrected chi connectivity index (χ2v) is 12.3. The average Bonchev–Trinajstić information content (AvgIpc) is 3.54. The number of amides is 2. The van der Waals surface area contributed by atoms with E-state index in [1.54, 1.807) is 11.5 Å². The molecule has 2 amide bonds. The van der Waals surface area contributed by atoms with Crippen molar-refractivity contribution in [3.63, 3.8) is 0 Å². The standard InChI is InChI=1S/C32H33ClF3N9O5/c1-4-23-26(43-10-9-42(14-17(43)2)29(48)25-27(47)18(3)37-16-38-25)30(49)45-31(40-28(41-45)19-7-11-50-12-8-19)44(23)15-24(46)39-22-6-5-20(13-21(22)33)32(34,35)36/h5-7,13,16-17,47H,4,8-12,14-15H2,1-3H3,(H,39,46)/t17-/m0/s1. The van der Waals surface area contributed by atoms with E-state index >= 15 is 0 Å². The minimum Gasteiger partial charge on any atom is -0.504 e. The van der Waals surface area contributed by atoms with Gasteiger partial charge in [0.2, 0.25) is 11.7 Å². The molecule has 1 fully saturated rings. The number of anilines is 2. The highest BCUT2D eigenvalue weighted by atomic mass is 35.5. The molecule has 4 aromatic rings. The molecule has 2 aliphatic rings. The van der Waals surface area contributed by atoms with Crippen molar-refractivity contribution in [2.75, 3.05) is 43.1 Å². The molecule has 264 valence electrons. The van der Waals surface area contributed by atoms with Gasteiger partial charge in [0.25, 0.3) is 11.5 Å². The van der Waals surface area contributed by atoms with Gasteiger partial charge >= 0.3 is 6.18 Å². The number of aromatic nitrogens is 6. The summed E-state index contributed by atoms with van der Waals surface area (Å²) in [7, 11) is 0.